The third kappa shape index (κ3) is 6.33. The van der Waals surface area contributed by atoms with E-state index in [4.69, 9.17) is 0 Å². The number of aromatic nitrogens is 1. The Hall–Kier alpha value is -3.32. The van der Waals surface area contributed by atoms with E-state index in [1.54, 1.807) is 6.20 Å². The van der Waals surface area contributed by atoms with Gasteiger partial charge in [-0.25, -0.2) is 11.1 Å². The molecule has 0 aliphatic rings. The van der Waals surface area contributed by atoms with Crippen LogP contribution < -0.4 is 0 Å². The fraction of sp³-hybridized carbons (Fsp3) is 0. The third-order valence-corrected chi connectivity index (χ3v) is 4.56. The molecule has 0 amide bonds. The first-order chi connectivity index (χ1) is 14.9. The SMILES string of the molecule is [Ir+3].[c-]1ccccc1-c1[c-]ccc(-c2ccccc2)c1.[c-]1ccccc1-c1ccccn1. The van der Waals surface area contributed by atoms with E-state index in [2.05, 4.69) is 65.6 Å². The number of rotatable bonds is 3. The fourth-order valence-electron chi connectivity index (χ4n) is 3.07. The van der Waals surface area contributed by atoms with Gasteiger partial charge >= 0.3 is 20.1 Å². The zero-order valence-electron chi connectivity index (χ0n) is 16.8. The van der Waals surface area contributed by atoms with Crippen LogP contribution in [0.25, 0.3) is 33.5 Å². The van der Waals surface area contributed by atoms with Crippen LogP contribution in [-0.2, 0) is 20.1 Å². The molecular weight excluding hydrogens is 555 g/mol. The Bertz CT molecular complexity index is 1070. The molecule has 0 aliphatic heterocycles. The number of nitrogens with zero attached hydrogens (tertiary/aromatic N) is 1. The molecule has 2 heteroatoms. The minimum atomic E-state index is 0. The Labute approximate surface area is 197 Å². The van der Waals surface area contributed by atoms with Crippen LogP contribution in [0.3, 0.4) is 0 Å². The van der Waals surface area contributed by atoms with Crippen LogP contribution in [0.2, 0.25) is 0 Å². The van der Waals surface area contributed by atoms with Gasteiger partial charge in [-0.05, 0) is 17.3 Å². The van der Waals surface area contributed by atoms with Gasteiger partial charge in [-0.3, -0.25) is 0 Å². The third-order valence-electron chi connectivity index (χ3n) is 4.56. The second kappa shape index (κ2) is 11.8. The van der Waals surface area contributed by atoms with E-state index in [0.29, 0.717) is 0 Å². The molecule has 1 aromatic heterocycles. The van der Waals surface area contributed by atoms with E-state index >= 15 is 0 Å². The van der Waals surface area contributed by atoms with Crippen LogP contribution >= 0.6 is 0 Å². The van der Waals surface area contributed by atoms with E-state index in [-0.39, 0.29) is 20.1 Å². The monoisotopic (exact) mass is 575 g/mol. The molecule has 1 heterocycles. The Balaban J connectivity index is 0.000000183. The predicted octanol–water partition coefficient (Wildman–Crippen LogP) is 7.17. The van der Waals surface area contributed by atoms with Gasteiger partial charge in [-0.1, -0.05) is 42.5 Å². The largest absolute Gasteiger partial charge is 3.00 e. The van der Waals surface area contributed by atoms with Gasteiger partial charge in [0.15, 0.2) is 0 Å². The van der Waals surface area contributed by atoms with Crippen LogP contribution in [-0.4, -0.2) is 4.98 Å². The maximum atomic E-state index is 4.22. The second-order valence-corrected chi connectivity index (χ2v) is 6.62. The molecule has 0 fully saturated rings. The number of hydrogen-bond donors (Lipinski definition) is 0. The van der Waals surface area contributed by atoms with Gasteiger partial charge in [0.05, 0.1) is 0 Å². The van der Waals surface area contributed by atoms with Crippen molar-refractivity contribution in [2.45, 2.75) is 0 Å². The minimum Gasteiger partial charge on any atom is -0.305 e. The van der Waals surface area contributed by atoms with Crippen LogP contribution in [0.15, 0.2) is 121 Å². The van der Waals surface area contributed by atoms with Crippen LogP contribution in [0.4, 0.5) is 0 Å². The van der Waals surface area contributed by atoms with Crippen LogP contribution in [0, 0.1) is 18.2 Å². The van der Waals surface area contributed by atoms with Crippen molar-refractivity contribution in [2.75, 3.05) is 0 Å². The molecule has 0 aliphatic carbocycles. The Morgan fingerprint density at radius 3 is 1.77 bits per heavy atom. The number of hydrogen-bond acceptors (Lipinski definition) is 1. The fourth-order valence-corrected chi connectivity index (χ4v) is 3.07. The van der Waals surface area contributed by atoms with Crippen molar-refractivity contribution in [2.24, 2.45) is 0 Å². The van der Waals surface area contributed by atoms with Gasteiger partial charge in [0, 0.05) is 6.20 Å². The zero-order chi connectivity index (χ0) is 20.4. The van der Waals surface area contributed by atoms with E-state index in [0.717, 1.165) is 22.4 Å². The molecule has 0 saturated heterocycles. The van der Waals surface area contributed by atoms with Gasteiger partial charge in [0.1, 0.15) is 0 Å². The summed E-state index contributed by atoms with van der Waals surface area (Å²) in [6.07, 6.45) is 1.79. The summed E-state index contributed by atoms with van der Waals surface area (Å²) in [6.45, 7) is 0. The van der Waals surface area contributed by atoms with Gasteiger partial charge < -0.3 is 4.98 Å². The maximum absolute atomic E-state index is 4.22. The van der Waals surface area contributed by atoms with Crippen molar-refractivity contribution in [3.63, 3.8) is 0 Å². The molecular formula is C29H20IrN. The standard InChI is InChI=1S/C18H12.C11H8N.Ir/c1-3-8-15(9-4-1)17-12-7-13-18(14-17)16-10-5-2-6-11-16;1-2-6-10(7-3-1)11-8-4-5-9-12-11;/h1-10,12,14H;1-6,8-9H;/q-2;-1;+3. The minimum absolute atomic E-state index is 0. The predicted molar refractivity (Wildman–Crippen MR) is 123 cm³/mol. The molecule has 5 aromatic rings. The molecule has 5 rings (SSSR count). The number of benzene rings is 4. The molecule has 0 radical (unpaired) electrons. The summed E-state index contributed by atoms with van der Waals surface area (Å²) in [5.74, 6) is 0. The average Bonchev–Trinajstić information content (AvgIpc) is 2.87. The summed E-state index contributed by atoms with van der Waals surface area (Å²) in [7, 11) is 0. The first-order valence-electron chi connectivity index (χ1n) is 9.82. The average molecular weight is 575 g/mol. The topological polar surface area (TPSA) is 12.9 Å². The van der Waals surface area contributed by atoms with Gasteiger partial charge in [-0.15, -0.1) is 53.6 Å². The molecule has 0 unspecified atom stereocenters. The molecule has 0 N–H and O–H groups in total. The van der Waals surface area contributed by atoms with Crippen LogP contribution in [0.1, 0.15) is 0 Å². The zero-order valence-corrected chi connectivity index (χ0v) is 19.2. The molecule has 0 saturated carbocycles. The first kappa shape index (κ1) is 22.4. The molecule has 0 spiro atoms. The summed E-state index contributed by atoms with van der Waals surface area (Å²) in [5.41, 5.74) is 6.61. The van der Waals surface area contributed by atoms with Gasteiger partial charge in [0.25, 0.3) is 0 Å². The van der Waals surface area contributed by atoms with Crippen molar-refractivity contribution in [3.05, 3.63) is 140 Å². The van der Waals surface area contributed by atoms with Crippen molar-refractivity contribution < 1.29 is 20.1 Å². The Morgan fingerprint density at radius 2 is 1.13 bits per heavy atom. The summed E-state index contributed by atoms with van der Waals surface area (Å²) in [6, 6.07) is 47.9. The molecule has 150 valence electrons. The molecule has 31 heavy (non-hydrogen) atoms. The Kier molecular flexibility index (Phi) is 8.48. The summed E-state index contributed by atoms with van der Waals surface area (Å²) in [5, 5.41) is 0. The quantitative estimate of drug-likeness (QED) is 0.208. The normalized spacial score (nSPS) is 9.68. The molecule has 0 atom stereocenters. The van der Waals surface area contributed by atoms with Crippen molar-refractivity contribution in [3.8, 4) is 33.5 Å². The second-order valence-electron chi connectivity index (χ2n) is 6.62. The van der Waals surface area contributed by atoms with Crippen molar-refractivity contribution >= 4 is 0 Å². The van der Waals surface area contributed by atoms with Gasteiger partial charge in [-0.2, -0.15) is 42.5 Å². The molecule has 1 nitrogen and oxygen atoms in total. The van der Waals surface area contributed by atoms with Crippen molar-refractivity contribution in [1.29, 1.82) is 0 Å². The first-order valence-corrected chi connectivity index (χ1v) is 9.82. The molecule has 0 bridgehead atoms. The summed E-state index contributed by atoms with van der Waals surface area (Å²) >= 11 is 0. The van der Waals surface area contributed by atoms with E-state index < -0.39 is 0 Å². The van der Waals surface area contributed by atoms with E-state index in [1.165, 1.54) is 11.1 Å². The molecule has 4 aromatic carbocycles. The van der Waals surface area contributed by atoms with E-state index in [9.17, 15) is 0 Å². The maximum Gasteiger partial charge on any atom is 3.00 e. The summed E-state index contributed by atoms with van der Waals surface area (Å²) < 4.78 is 0. The van der Waals surface area contributed by atoms with E-state index in [1.807, 2.05) is 72.8 Å². The smallest absolute Gasteiger partial charge is 0.305 e. The van der Waals surface area contributed by atoms with Gasteiger partial charge in [0.2, 0.25) is 0 Å². The number of pyridine rings is 1. The van der Waals surface area contributed by atoms with Crippen molar-refractivity contribution in [1.82, 2.24) is 4.98 Å². The van der Waals surface area contributed by atoms with Crippen LogP contribution in [0.5, 0.6) is 0 Å². The summed E-state index contributed by atoms with van der Waals surface area (Å²) in [4.78, 5) is 4.22. The Morgan fingerprint density at radius 1 is 0.484 bits per heavy atom.